The molecule has 0 spiro atoms. The van der Waals surface area contributed by atoms with E-state index < -0.39 is 0 Å². The fourth-order valence-corrected chi connectivity index (χ4v) is 1.09. The predicted molar refractivity (Wildman–Crippen MR) is 66.9 cm³/mol. The van der Waals surface area contributed by atoms with Crippen molar-refractivity contribution in [2.24, 2.45) is 5.92 Å². The number of nitrogens with zero attached hydrogens (tertiary/aromatic N) is 1. The molecule has 0 heterocycles. The van der Waals surface area contributed by atoms with Gasteiger partial charge in [0.05, 0.1) is 7.11 Å². The molecule has 1 amide bonds. The van der Waals surface area contributed by atoms with Crippen molar-refractivity contribution in [2.45, 2.75) is 13.8 Å². The molecule has 0 aliphatic heterocycles. The van der Waals surface area contributed by atoms with Gasteiger partial charge in [0, 0.05) is 20.5 Å². The molecule has 90 valence electrons. The van der Waals surface area contributed by atoms with E-state index in [1.165, 1.54) is 0 Å². The van der Waals surface area contributed by atoms with Crippen molar-refractivity contribution in [3.8, 4) is 0 Å². The zero-order chi connectivity index (χ0) is 12.7. The summed E-state index contributed by atoms with van der Waals surface area (Å²) in [6.45, 7) is 11.9. The van der Waals surface area contributed by atoms with Crippen LogP contribution in [0.15, 0.2) is 36.6 Å². The molecule has 1 atom stereocenters. The van der Waals surface area contributed by atoms with Gasteiger partial charge in [0.25, 0.3) is 0 Å². The van der Waals surface area contributed by atoms with Crippen LogP contribution in [-0.2, 0) is 9.53 Å². The molecule has 0 bridgehead atoms. The molecule has 0 aliphatic rings. The van der Waals surface area contributed by atoms with E-state index >= 15 is 0 Å². The van der Waals surface area contributed by atoms with Crippen LogP contribution in [0.3, 0.4) is 0 Å². The fourth-order valence-electron chi connectivity index (χ4n) is 1.09. The lowest BCUT2D eigenvalue weighted by molar-refractivity contribution is -0.127. The van der Waals surface area contributed by atoms with Crippen molar-refractivity contribution in [3.05, 3.63) is 36.6 Å². The maximum atomic E-state index is 11.1. The molecule has 16 heavy (non-hydrogen) atoms. The third-order valence-electron chi connectivity index (χ3n) is 2.46. The lowest BCUT2D eigenvalue weighted by atomic mass is 10.0. The molecule has 0 aromatic carbocycles. The van der Waals surface area contributed by atoms with Crippen LogP contribution in [-0.4, -0.2) is 31.5 Å². The normalized spacial score (nSPS) is 12.2. The molecule has 0 aromatic rings. The summed E-state index contributed by atoms with van der Waals surface area (Å²) >= 11 is 0. The van der Waals surface area contributed by atoms with Crippen LogP contribution in [0.4, 0.5) is 0 Å². The van der Waals surface area contributed by atoms with Gasteiger partial charge in [-0.25, -0.2) is 0 Å². The van der Waals surface area contributed by atoms with Gasteiger partial charge in [0.2, 0.25) is 5.91 Å². The first-order valence-electron chi connectivity index (χ1n) is 5.20. The van der Waals surface area contributed by atoms with E-state index in [2.05, 4.69) is 13.2 Å². The summed E-state index contributed by atoms with van der Waals surface area (Å²) in [4.78, 5) is 12.7. The first-order chi connectivity index (χ1) is 7.38. The topological polar surface area (TPSA) is 29.5 Å². The molecule has 0 saturated carbocycles. The molecule has 3 heteroatoms. The van der Waals surface area contributed by atoms with Crippen LogP contribution in [0.5, 0.6) is 0 Å². The maximum Gasteiger partial charge on any atom is 0.219 e. The van der Waals surface area contributed by atoms with Crippen LogP contribution in [0, 0.1) is 5.92 Å². The summed E-state index contributed by atoms with van der Waals surface area (Å²) in [6, 6.07) is 0. The first-order valence-corrected chi connectivity index (χ1v) is 5.20. The minimum atomic E-state index is 0.0601. The second kappa shape index (κ2) is 6.88. The van der Waals surface area contributed by atoms with Crippen molar-refractivity contribution in [3.63, 3.8) is 0 Å². The lowest BCUT2D eigenvalue weighted by Gasteiger charge is -2.20. The Balaban J connectivity index is 4.24. The van der Waals surface area contributed by atoms with Gasteiger partial charge in [-0.3, -0.25) is 4.79 Å². The van der Waals surface area contributed by atoms with Crippen molar-refractivity contribution in [2.75, 3.05) is 20.7 Å². The summed E-state index contributed by atoms with van der Waals surface area (Å²) in [5.41, 5.74) is 0.950. The highest BCUT2D eigenvalue weighted by Gasteiger charge is 2.09. The van der Waals surface area contributed by atoms with Crippen molar-refractivity contribution in [1.29, 1.82) is 0 Å². The Morgan fingerprint density at radius 2 is 2.00 bits per heavy atom. The molecular weight excluding hydrogens is 202 g/mol. The average molecular weight is 223 g/mol. The second-order valence-electron chi connectivity index (χ2n) is 3.88. The Bertz CT molecular complexity index is 305. The number of carbonyl (C=O) groups excluding carboxylic acids is 1. The molecule has 0 rings (SSSR count). The zero-order valence-electron chi connectivity index (χ0n) is 10.6. The van der Waals surface area contributed by atoms with E-state index in [9.17, 15) is 4.79 Å². The summed E-state index contributed by atoms with van der Waals surface area (Å²) < 4.78 is 4.91. The van der Waals surface area contributed by atoms with Gasteiger partial charge in [-0.15, -0.1) is 0 Å². The first kappa shape index (κ1) is 14.5. The Morgan fingerprint density at radius 3 is 2.44 bits per heavy atom. The molecule has 3 nitrogen and oxygen atoms in total. The van der Waals surface area contributed by atoms with Crippen LogP contribution in [0.25, 0.3) is 0 Å². The van der Waals surface area contributed by atoms with Gasteiger partial charge in [-0.05, 0) is 12.0 Å². The van der Waals surface area contributed by atoms with Crippen molar-refractivity contribution in [1.82, 2.24) is 4.90 Å². The zero-order valence-corrected chi connectivity index (χ0v) is 10.6. The number of carbonyl (C=O) groups is 1. The number of hydrogen-bond donors (Lipinski definition) is 0. The smallest absolute Gasteiger partial charge is 0.219 e. The number of ether oxygens (including phenoxy) is 1. The molecule has 0 aromatic heterocycles. The number of amides is 1. The van der Waals surface area contributed by atoms with Crippen LogP contribution in [0.1, 0.15) is 13.8 Å². The van der Waals surface area contributed by atoms with Gasteiger partial charge in [0.1, 0.15) is 5.76 Å². The van der Waals surface area contributed by atoms with Crippen LogP contribution < -0.4 is 0 Å². The Morgan fingerprint density at radius 1 is 1.44 bits per heavy atom. The molecule has 0 radical (unpaired) electrons. The third kappa shape index (κ3) is 5.39. The summed E-state index contributed by atoms with van der Waals surface area (Å²) in [7, 11) is 3.35. The highest BCUT2D eigenvalue weighted by Crippen LogP contribution is 2.12. The predicted octanol–water partition coefficient (Wildman–Crippen LogP) is 2.37. The highest BCUT2D eigenvalue weighted by molar-refractivity contribution is 5.72. The van der Waals surface area contributed by atoms with E-state index in [1.54, 1.807) is 32.1 Å². The minimum Gasteiger partial charge on any atom is -0.497 e. The Hall–Kier alpha value is -1.51. The molecular formula is C13H21NO2. The van der Waals surface area contributed by atoms with Crippen LogP contribution >= 0.6 is 0 Å². The number of allylic oxidation sites excluding steroid dienone is 2. The average Bonchev–Trinajstić information content (AvgIpc) is 2.24. The largest absolute Gasteiger partial charge is 0.497 e. The highest BCUT2D eigenvalue weighted by atomic mass is 16.5. The number of rotatable bonds is 6. The fraction of sp³-hybridized carbons (Fsp3) is 0.462. The monoisotopic (exact) mass is 223 g/mol. The maximum absolute atomic E-state index is 11.1. The van der Waals surface area contributed by atoms with E-state index in [4.69, 9.17) is 4.74 Å². The SMILES string of the molecule is C=C(/C=C\C(=C)C(C)CN(C)C(C)=O)OC. The Kier molecular flexibility index (Phi) is 6.23. The van der Waals surface area contributed by atoms with E-state index in [1.807, 2.05) is 13.0 Å². The van der Waals surface area contributed by atoms with Gasteiger partial charge in [-0.2, -0.15) is 0 Å². The van der Waals surface area contributed by atoms with Crippen molar-refractivity contribution >= 4 is 5.91 Å². The molecule has 0 N–H and O–H groups in total. The summed E-state index contributed by atoms with van der Waals surface area (Å²) in [5.74, 6) is 0.869. The Labute approximate surface area is 98.1 Å². The van der Waals surface area contributed by atoms with Gasteiger partial charge in [0.15, 0.2) is 0 Å². The summed E-state index contributed by atoms with van der Waals surface area (Å²) in [6.07, 6.45) is 3.64. The number of methoxy groups -OCH3 is 1. The minimum absolute atomic E-state index is 0.0601. The van der Waals surface area contributed by atoms with E-state index in [0.29, 0.717) is 12.3 Å². The van der Waals surface area contributed by atoms with Crippen LogP contribution in [0.2, 0.25) is 0 Å². The van der Waals surface area contributed by atoms with E-state index in [-0.39, 0.29) is 11.8 Å². The van der Waals surface area contributed by atoms with E-state index in [0.717, 1.165) is 5.57 Å². The van der Waals surface area contributed by atoms with Gasteiger partial charge >= 0.3 is 0 Å². The van der Waals surface area contributed by atoms with Gasteiger partial charge in [-0.1, -0.05) is 31.7 Å². The van der Waals surface area contributed by atoms with Crippen molar-refractivity contribution < 1.29 is 9.53 Å². The number of hydrogen-bond acceptors (Lipinski definition) is 2. The van der Waals surface area contributed by atoms with Gasteiger partial charge < -0.3 is 9.64 Å². The quantitative estimate of drug-likeness (QED) is 0.511. The molecule has 1 unspecified atom stereocenters. The third-order valence-corrected chi connectivity index (χ3v) is 2.46. The molecule has 0 saturated heterocycles. The second-order valence-corrected chi connectivity index (χ2v) is 3.88. The summed E-state index contributed by atoms with van der Waals surface area (Å²) in [5, 5.41) is 0. The molecule has 0 aliphatic carbocycles. The lowest BCUT2D eigenvalue weighted by Crippen LogP contribution is -2.29. The molecule has 0 fully saturated rings. The standard InChI is InChI=1S/C13H21NO2/c1-10(7-8-12(3)16-6)11(2)9-14(5)13(4)15/h7-8,11H,1,3,9H2,2,4-6H3/b8-7-.